The predicted molar refractivity (Wildman–Crippen MR) is 123 cm³/mol. The molecule has 13 heteroatoms. The summed E-state index contributed by atoms with van der Waals surface area (Å²) in [5.74, 6) is 0.783. The molecule has 1 aromatic heterocycles. The first kappa shape index (κ1) is 27.1. The van der Waals surface area contributed by atoms with E-state index in [9.17, 15) is 26.4 Å². The average molecular weight is 535 g/mol. The molecule has 0 aromatic carbocycles. The molecule has 0 bridgehead atoms. The molecule has 7 atom stereocenters. The van der Waals surface area contributed by atoms with Gasteiger partial charge in [-0.1, -0.05) is 6.92 Å². The Bertz CT molecular complexity index is 1050. The van der Waals surface area contributed by atoms with Crippen molar-refractivity contribution in [3.8, 4) is 0 Å². The number of nitrogens with zero attached hydrogens (tertiary/aromatic N) is 3. The number of nitrogens with one attached hydrogen (secondary N) is 1. The molecule has 1 amide bonds. The van der Waals surface area contributed by atoms with E-state index >= 15 is 0 Å². The summed E-state index contributed by atoms with van der Waals surface area (Å²) in [4.78, 5) is 22.6. The van der Waals surface area contributed by atoms with E-state index in [0.29, 0.717) is 24.6 Å². The molecule has 2 aliphatic carbocycles. The average Bonchev–Trinajstić information content (AvgIpc) is 3.26. The number of halogens is 3. The van der Waals surface area contributed by atoms with Gasteiger partial charge >= 0.3 is 6.09 Å². The SMILES string of the molecule is C[C@@H]1C[C@H](NS(C)(=O)=O)[C@H](CO[C@H]2CC[C@]3(c4ncc(F)cn4)C(C2)[C@@H]3C)N1C(=O)OCCC(F)F. The number of aromatic nitrogens is 2. The monoisotopic (exact) mass is 534 g/mol. The summed E-state index contributed by atoms with van der Waals surface area (Å²) < 4.78 is 76.0. The van der Waals surface area contributed by atoms with Crippen molar-refractivity contribution in [3.63, 3.8) is 0 Å². The largest absolute Gasteiger partial charge is 0.449 e. The lowest BCUT2D eigenvalue weighted by atomic mass is 9.85. The van der Waals surface area contributed by atoms with Gasteiger partial charge in [0.2, 0.25) is 16.4 Å². The van der Waals surface area contributed by atoms with Gasteiger partial charge < -0.3 is 9.47 Å². The Balaban J connectivity index is 1.40. The van der Waals surface area contributed by atoms with Crippen molar-refractivity contribution in [1.29, 1.82) is 0 Å². The van der Waals surface area contributed by atoms with Crippen molar-refractivity contribution >= 4 is 16.1 Å². The number of fused-ring (bicyclic) bond motifs is 1. The fourth-order valence-electron chi connectivity index (χ4n) is 6.16. The molecule has 202 valence electrons. The van der Waals surface area contributed by atoms with Crippen molar-refractivity contribution in [3.05, 3.63) is 24.0 Å². The summed E-state index contributed by atoms with van der Waals surface area (Å²) in [6.45, 7) is 3.54. The molecule has 3 aliphatic rings. The fraction of sp³-hybridized carbons (Fsp3) is 0.783. The quantitative estimate of drug-likeness (QED) is 0.519. The molecule has 2 saturated carbocycles. The highest BCUT2D eigenvalue weighted by molar-refractivity contribution is 7.88. The minimum Gasteiger partial charge on any atom is -0.449 e. The number of ether oxygens (including phenoxy) is 2. The smallest absolute Gasteiger partial charge is 0.410 e. The van der Waals surface area contributed by atoms with Crippen LogP contribution in [0, 0.1) is 17.7 Å². The van der Waals surface area contributed by atoms with Crippen molar-refractivity contribution in [2.75, 3.05) is 19.5 Å². The normalized spacial score (nSPS) is 34.0. The molecule has 3 fully saturated rings. The minimum absolute atomic E-state index is 0.0767. The van der Waals surface area contributed by atoms with Crippen LogP contribution in [0.25, 0.3) is 0 Å². The second-order valence-corrected chi connectivity index (χ2v) is 12.0. The van der Waals surface area contributed by atoms with Crippen LogP contribution < -0.4 is 4.72 Å². The van der Waals surface area contributed by atoms with Crippen molar-refractivity contribution in [1.82, 2.24) is 19.6 Å². The van der Waals surface area contributed by atoms with E-state index in [2.05, 4.69) is 21.6 Å². The topological polar surface area (TPSA) is 111 Å². The van der Waals surface area contributed by atoms with E-state index in [1.165, 1.54) is 17.3 Å². The number of hydrogen-bond acceptors (Lipinski definition) is 7. The maximum Gasteiger partial charge on any atom is 0.410 e. The molecule has 2 heterocycles. The Labute approximate surface area is 209 Å². The Kier molecular flexibility index (Phi) is 7.82. The second-order valence-electron chi connectivity index (χ2n) is 10.2. The van der Waals surface area contributed by atoms with Gasteiger partial charge in [-0.2, -0.15) is 0 Å². The molecular formula is C23H33F3N4O5S. The molecule has 36 heavy (non-hydrogen) atoms. The van der Waals surface area contributed by atoms with Gasteiger partial charge in [-0.05, 0) is 44.4 Å². The van der Waals surface area contributed by atoms with Gasteiger partial charge in [-0.15, -0.1) is 0 Å². The number of carbonyl (C=O) groups is 1. The molecule has 1 saturated heterocycles. The summed E-state index contributed by atoms with van der Waals surface area (Å²) in [6, 6.07) is -1.60. The number of sulfonamides is 1. The lowest BCUT2D eigenvalue weighted by Crippen LogP contribution is -2.50. The lowest BCUT2D eigenvalue weighted by Gasteiger charge is -2.33. The first-order valence-electron chi connectivity index (χ1n) is 12.2. The molecule has 1 unspecified atom stereocenters. The number of rotatable bonds is 9. The van der Waals surface area contributed by atoms with Crippen molar-refractivity contribution < 1.29 is 35.9 Å². The molecule has 0 radical (unpaired) electrons. The highest BCUT2D eigenvalue weighted by Gasteiger charge is 2.66. The van der Waals surface area contributed by atoms with E-state index in [1.54, 1.807) is 6.92 Å². The number of likely N-dealkylation sites (tertiary alicyclic amines) is 1. The van der Waals surface area contributed by atoms with E-state index in [0.717, 1.165) is 19.1 Å². The molecule has 9 nitrogen and oxygen atoms in total. The van der Waals surface area contributed by atoms with Crippen LogP contribution in [-0.2, 0) is 24.9 Å². The Morgan fingerprint density at radius 3 is 2.58 bits per heavy atom. The van der Waals surface area contributed by atoms with Gasteiger partial charge in [0.25, 0.3) is 0 Å². The Morgan fingerprint density at radius 2 is 1.97 bits per heavy atom. The third-order valence-corrected chi connectivity index (χ3v) is 8.67. The Hall–Kier alpha value is -1.99. The highest BCUT2D eigenvalue weighted by atomic mass is 32.2. The summed E-state index contributed by atoms with van der Waals surface area (Å²) in [5, 5.41) is 0. The maximum atomic E-state index is 13.3. The molecular weight excluding hydrogens is 501 g/mol. The van der Waals surface area contributed by atoms with Crippen LogP contribution in [0.15, 0.2) is 12.4 Å². The molecule has 4 rings (SSSR count). The third-order valence-electron chi connectivity index (χ3n) is 7.93. The standard InChI is InChI=1S/C23H33F3N4O5S/c1-13-8-18(29-36(3,32)33)19(30(13)22(31)34-7-5-20(25)26)12-35-16-4-6-23(14(2)17(23)9-16)21-27-10-15(24)11-28-21/h10-11,13-14,16-20,29H,4-9,12H2,1-3H3/t13-,14+,16+,17?,18+,19+,23-/m1/s1. The zero-order chi connectivity index (χ0) is 26.3. The molecule has 0 spiro atoms. The van der Waals surface area contributed by atoms with Gasteiger partial charge in [0.1, 0.15) is 5.82 Å². The van der Waals surface area contributed by atoms with Crippen LogP contribution in [0.3, 0.4) is 0 Å². The van der Waals surface area contributed by atoms with Gasteiger partial charge in [-0.25, -0.2) is 41.1 Å². The summed E-state index contributed by atoms with van der Waals surface area (Å²) >= 11 is 0. The van der Waals surface area contributed by atoms with Crippen LogP contribution in [0.2, 0.25) is 0 Å². The number of hydrogen-bond donors (Lipinski definition) is 1. The fourth-order valence-corrected chi connectivity index (χ4v) is 6.96. The summed E-state index contributed by atoms with van der Waals surface area (Å²) in [5.41, 5.74) is -0.184. The first-order chi connectivity index (χ1) is 16.9. The summed E-state index contributed by atoms with van der Waals surface area (Å²) in [7, 11) is -3.56. The highest BCUT2D eigenvalue weighted by Crippen LogP contribution is 2.66. The zero-order valence-electron chi connectivity index (χ0n) is 20.6. The van der Waals surface area contributed by atoms with Crippen molar-refractivity contribution in [2.45, 2.75) is 82.0 Å². The van der Waals surface area contributed by atoms with Gasteiger partial charge in [0.15, 0.2) is 5.82 Å². The van der Waals surface area contributed by atoms with Crippen molar-refractivity contribution in [2.24, 2.45) is 11.8 Å². The van der Waals surface area contributed by atoms with E-state index in [1.807, 2.05) is 0 Å². The van der Waals surface area contributed by atoms with Crippen LogP contribution >= 0.6 is 0 Å². The second kappa shape index (κ2) is 10.4. The van der Waals surface area contributed by atoms with Crippen LogP contribution in [0.4, 0.5) is 18.0 Å². The van der Waals surface area contributed by atoms with Crippen LogP contribution in [-0.4, -0.2) is 79.5 Å². The Morgan fingerprint density at radius 1 is 1.28 bits per heavy atom. The van der Waals surface area contributed by atoms with E-state index in [-0.39, 0.29) is 30.1 Å². The summed E-state index contributed by atoms with van der Waals surface area (Å²) in [6.07, 6.45) is 1.98. The molecule has 1 N–H and O–H groups in total. The van der Waals surface area contributed by atoms with E-state index < -0.39 is 53.5 Å². The first-order valence-corrected chi connectivity index (χ1v) is 14.1. The van der Waals surface area contributed by atoms with Crippen LogP contribution in [0.5, 0.6) is 0 Å². The zero-order valence-corrected chi connectivity index (χ0v) is 21.4. The lowest BCUT2D eigenvalue weighted by molar-refractivity contribution is -0.0134. The molecule has 1 aromatic rings. The third kappa shape index (κ3) is 5.62. The van der Waals surface area contributed by atoms with Crippen LogP contribution in [0.1, 0.15) is 51.8 Å². The molecule has 1 aliphatic heterocycles. The minimum atomic E-state index is -3.56. The van der Waals surface area contributed by atoms with Gasteiger partial charge in [-0.3, -0.25) is 4.90 Å². The number of amides is 1. The van der Waals surface area contributed by atoms with Gasteiger partial charge in [0, 0.05) is 23.9 Å². The number of carbonyl (C=O) groups excluding carboxylic acids is 1. The predicted octanol–water partition coefficient (Wildman–Crippen LogP) is 2.86. The van der Waals surface area contributed by atoms with E-state index in [4.69, 9.17) is 9.47 Å². The maximum absolute atomic E-state index is 13.3. The van der Waals surface area contributed by atoms with Gasteiger partial charge in [0.05, 0.1) is 44.0 Å². The number of alkyl halides is 2.